The fraction of sp³-hybridized carbons (Fsp3) is 0.556. The summed E-state index contributed by atoms with van der Waals surface area (Å²) in [5.74, 6) is 0. The van der Waals surface area contributed by atoms with Crippen LogP contribution in [-0.4, -0.2) is 47.2 Å². The molecule has 0 aromatic carbocycles. The number of azide groups is 1. The number of hydrogen-bond acceptors (Lipinski definition) is 5. The van der Waals surface area contributed by atoms with Gasteiger partial charge in [0, 0.05) is 36.9 Å². The predicted molar refractivity (Wildman–Crippen MR) is 64.6 cm³/mol. The number of aromatic nitrogens is 2. The van der Waals surface area contributed by atoms with Crippen LogP contribution in [0.1, 0.15) is 0 Å². The molecule has 1 aliphatic rings. The number of halogens is 1. The van der Waals surface area contributed by atoms with Gasteiger partial charge in [0.15, 0.2) is 0 Å². The third kappa shape index (κ3) is 3.55. The molecule has 0 N–H and O–H groups in total. The van der Waals surface area contributed by atoms with Gasteiger partial charge in [-0.05, 0) is 21.5 Å². The number of ether oxygens (including phenoxy) is 1. The van der Waals surface area contributed by atoms with Crippen LogP contribution < -0.4 is 4.74 Å². The fourth-order valence-corrected chi connectivity index (χ4v) is 1.72. The van der Waals surface area contributed by atoms with E-state index in [1.54, 1.807) is 12.4 Å². The molecule has 90 valence electrons. The Balaban J connectivity index is 1.64. The highest BCUT2D eigenvalue weighted by Gasteiger charge is 2.24. The molecule has 0 unspecified atom stereocenters. The summed E-state index contributed by atoms with van der Waals surface area (Å²) in [6.45, 7) is 2.92. The summed E-state index contributed by atoms with van der Waals surface area (Å²) in [4.78, 5) is 12.9. The Hall–Kier alpha value is -1.37. The third-order valence-corrected chi connectivity index (χ3v) is 2.80. The van der Waals surface area contributed by atoms with Crippen molar-refractivity contribution in [1.82, 2.24) is 14.9 Å². The molecule has 17 heavy (non-hydrogen) atoms. The number of hydrogen-bond donors (Lipinski definition) is 0. The second-order valence-corrected chi connectivity index (χ2v) is 4.57. The zero-order valence-corrected chi connectivity index (χ0v) is 10.6. The molecule has 8 heteroatoms. The van der Waals surface area contributed by atoms with Crippen molar-refractivity contribution in [2.45, 2.75) is 6.04 Å². The summed E-state index contributed by atoms with van der Waals surface area (Å²) < 4.78 is 6.20. The third-order valence-electron chi connectivity index (χ3n) is 2.39. The first-order valence-electron chi connectivity index (χ1n) is 5.15. The quantitative estimate of drug-likeness (QED) is 0.469. The summed E-state index contributed by atoms with van der Waals surface area (Å²) in [7, 11) is 0. The van der Waals surface area contributed by atoms with E-state index < -0.39 is 0 Å². The summed E-state index contributed by atoms with van der Waals surface area (Å²) in [5, 5.41) is 3.62. The van der Waals surface area contributed by atoms with Crippen molar-refractivity contribution in [2.75, 3.05) is 26.2 Å². The van der Waals surface area contributed by atoms with E-state index in [1.165, 1.54) is 0 Å². The van der Waals surface area contributed by atoms with Gasteiger partial charge in [-0.1, -0.05) is 5.11 Å². The fourth-order valence-electron chi connectivity index (χ4n) is 1.51. The van der Waals surface area contributed by atoms with E-state index in [4.69, 9.17) is 10.3 Å². The van der Waals surface area contributed by atoms with E-state index in [0.29, 0.717) is 12.6 Å². The Morgan fingerprint density at radius 3 is 2.88 bits per heavy atom. The van der Waals surface area contributed by atoms with Gasteiger partial charge in [-0.15, -0.1) is 0 Å². The Bertz CT molecular complexity index is 412. The molecule has 0 atom stereocenters. The average Bonchev–Trinajstić information content (AvgIpc) is 2.28. The number of likely N-dealkylation sites (tertiary alicyclic amines) is 1. The molecule has 0 aliphatic carbocycles. The van der Waals surface area contributed by atoms with Gasteiger partial charge in [0.25, 0.3) is 0 Å². The first-order valence-corrected chi connectivity index (χ1v) is 5.94. The molecule has 1 aliphatic heterocycles. The lowest BCUT2D eigenvalue weighted by molar-refractivity contribution is 0.121. The highest BCUT2D eigenvalue weighted by molar-refractivity contribution is 9.10. The van der Waals surface area contributed by atoms with Gasteiger partial charge in [0.1, 0.15) is 6.61 Å². The summed E-state index contributed by atoms with van der Waals surface area (Å²) >= 11 is 3.25. The Kier molecular flexibility index (Phi) is 4.13. The Labute approximate surface area is 107 Å². The lowest BCUT2D eigenvalue weighted by Crippen LogP contribution is -2.50. The van der Waals surface area contributed by atoms with Crippen LogP contribution in [0.2, 0.25) is 0 Å². The van der Waals surface area contributed by atoms with Gasteiger partial charge in [-0.2, -0.15) is 0 Å². The van der Waals surface area contributed by atoms with Gasteiger partial charge >= 0.3 is 6.01 Å². The largest absolute Gasteiger partial charge is 0.462 e. The minimum atomic E-state index is 0.115. The zero-order valence-electron chi connectivity index (χ0n) is 9.03. The second kappa shape index (κ2) is 5.81. The number of nitrogens with zero attached hydrogens (tertiary/aromatic N) is 6. The van der Waals surface area contributed by atoms with Gasteiger partial charge < -0.3 is 4.74 Å². The van der Waals surface area contributed by atoms with Gasteiger partial charge in [0.2, 0.25) is 0 Å². The number of rotatable bonds is 5. The van der Waals surface area contributed by atoms with E-state index >= 15 is 0 Å². The van der Waals surface area contributed by atoms with Crippen molar-refractivity contribution >= 4 is 15.9 Å². The molecule has 1 aromatic rings. The summed E-state index contributed by atoms with van der Waals surface area (Å²) in [6, 6.07) is 0.490. The predicted octanol–water partition coefficient (Wildman–Crippen LogP) is 1.61. The second-order valence-electron chi connectivity index (χ2n) is 3.65. The van der Waals surface area contributed by atoms with Crippen molar-refractivity contribution in [2.24, 2.45) is 5.11 Å². The summed E-state index contributed by atoms with van der Waals surface area (Å²) in [6.07, 6.45) is 3.28. The molecule has 2 rings (SSSR count). The molecule has 1 aromatic heterocycles. The monoisotopic (exact) mass is 298 g/mol. The highest BCUT2D eigenvalue weighted by Crippen LogP contribution is 2.11. The molecule has 1 fully saturated rings. The molecule has 0 radical (unpaired) electrons. The SMILES string of the molecule is [N-]=[N+]=NC1CN(CCOc2ncc(Br)cn2)C1. The van der Waals surface area contributed by atoms with Crippen molar-refractivity contribution < 1.29 is 4.74 Å². The minimum absolute atomic E-state index is 0.115. The first kappa shape index (κ1) is 12.1. The van der Waals surface area contributed by atoms with E-state index in [-0.39, 0.29) is 6.04 Å². The first-order chi connectivity index (χ1) is 8.28. The van der Waals surface area contributed by atoms with Crippen LogP contribution in [0.4, 0.5) is 0 Å². The topological polar surface area (TPSA) is 87.0 Å². The average molecular weight is 299 g/mol. The zero-order chi connectivity index (χ0) is 12.1. The molecule has 0 bridgehead atoms. The van der Waals surface area contributed by atoms with Crippen molar-refractivity contribution in [3.8, 4) is 6.01 Å². The van der Waals surface area contributed by atoms with Gasteiger partial charge in [-0.25, -0.2) is 9.97 Å². The van der Waals surface area contributed by atoms with E-state index in [0.717, 1.165) is 24.1 Å². The lowest BCUT2D eigenvalue weighted by Gasteiger charge is -2.36. The Morgan fingerprint density at radius 2 is 2.24 bits per heavy atom. The maximum absolute atomic E-state index is 8.23. The van der Waals surface area contributed by atoms with Crippen LogP contribution in [0.15, 0.2) is 22.0 Å². The van der Waals surface area contributed by atoms with Crippen molar-refractivity contribution in [1.29, 1.82) is 0 Å². The maximum atomic E-state index is 8.23. The van der Waals surface area contributed by atoms with Crippen LogP contribution >= 0.6 is 15.9 Å². The van der Waals surface area contributed by atoms with Crippen LogP contribution in [0, 0.1) is 0 Å². The van der Waals surface area contributed by atoms with Gasteiger partial charge in [0.05, 0.1) is 10.5 Å². The molecule has 0 amide bonds. The normalized spacial score (nSPS) is 16.1. The molecule has 2 heterocycles. The standard InChI is InChI=1S/C9H11BrN6O/c10-7-3-12-9(13-4-7)17-2-1-16-5-8(6-16)14-15-11/h3-4,8H,1-2,5-6H2. The van der Waals surface area contributed by atoms with Crippen molar-refractivity contribution in [3.63, 3.8) is 0 Å². The smallest absolute Gasteiger partial charge is 0.316 e. The van der Waals surface area contributed by atoms with Crippen LogP contribution in [0.25, 0.3) is 10.4 Å². The molecular weight excluding hydrogens is 288 g/mol. The van der Waals surface area contributed by atoms with E-state index in [1.807, 2.05) is 0 Å². The van der Waals surface area contributed by atoms with Gasteiger partial charge in [-0.3, -0.25) is 4.90 Å². The molecular formula is C9H11BrN6O. The summed E-state index contributed by atoms with van der Waals surface area (Å²) in [5.41, 5.74) is 8.23. The highest BCUT2D eigenvalue weighted by atomic mass is 79.9. The molecule has 0 saturated carbocycles. The Morgan fingerprint density at radius 1 is 1.53 bits per heavy atom. The molecule has 1 saturated heterocycles. The van der Waals surface area contributed by atoms with Crippen LogP contribution in [-0.2, 0) is 0 Å². The minimum Gasteiger partial charge on any atom is -0.462 e. The lowest BCUT2D eigenvalue weighted by atomic mass is 10.1. The van der Waals surface area contributed by atoms with Crippen LogP contribution in [0.3, 0.4) is 0 Å². The van der Waals surface area contributed by atoms with Crippen molar-refractivity contribution in [3.05, 3.63) is 27.3 Å². The maximum Gasteiger partial charge on any atom is 0.316 e. The molecule has 0 spiro atoms. The molecule has 7 nitrogen and oxygen atoms in total. The van der Waals surface area contributed by atoms with E-state index in [2.05, 4.69) is 40.8 Å². The van der Waals surface area contributed by atoms with Crippen LogP contribution in [0.5, 0.6) is 6.01 Å². The van der Waals surface area contributed by atoms with E-state index in [9.17, 15) is 0 Å².